The van der Waals surface area contributed by atoms with E-state index in [-0.39, 0.29) is 5.25 Å². The van der Waals surface area contributed by atoms with Crippen molar-refractivity contribution in [2.45, 2.75) is 57.6 Å². The predicted octanol–water partition coefficient (Wildman–Crippen LogP) is 4.90. The number of rotatable bonds is 4. The van der Waals surface area contributed by atoms with Gasteiger partial charge in [0, 0.05) is 0 Å². The summed E-state index contributed by atoms with van der Waals surface area (Å²) >= 11 is -1.79. The molecule has 1 aliphatic rings. The Labute approximate surface area is 125 Å². The van der Waals surface area contributed by atoms with Gasteiger partial charge in [-0.15, -0.1) is 0 Å². The Morgan fingerprint density at radius 3 is 2.40 bits per heavy atom. The molecule has 112 valence electrons. The third-order valence-electron chi connectivity index (χ3n) is 4.55. The number of hydrogen-bond acceptors (Lipinski definition) is 1. The summed E-state index contributed by atoms with van der Waals surface area (Å²) in [7, 11) is 0. The van der Waals surface area contributed by atoms with Gasteiger partial charge < -0.3 is 4.55 Å². The summed E-state index contributed by atoms with van der Waals surface area (Å²) in [6, 6.07) is 8.17. The monoisotopic (exact) mass is 294 g/mol. The van der Waals surface area contributed by atoms with Crippen molar-refractivity contribution in [2.75, 3.05) is 0 Å². The fraction of sp³-hybridized carbons (Fsp3) is 0.647. The lowest BCUT2D eigenvalue weighted by Gasteiger charge is -2.33. The lowest BCUT2D eigenvalue weighted by Crippen LogP contribution is -2.24. The van der Waals surface area contributed by atoms with Crippen LogP contribution in [0.3, 0.4) is 0 Å². The van der Waals surface area contributed by atoms with Crippen molar-refractivity contribution in [1.82, 2.24) is 0 Å². The maximum absolute atomic E-state index is 12.0. The van der Waals surface area contributed by atoms with Gasteiger partial charge in [-0.05, 0) is 41.7 Å². The zero-order valence-electron chi connectivity index (χ0n) is 12.7. The molecule has 1 aromatic carbocycles. The summed E-state index contributed by atoms with van der Waals surface area (Å²) in [5.74, 6) is 1.40. The fourth-order valence-electron chi connectivity index (χ4n) is 3.58. The van der Waals surface area contributed by atoms with Crippen LogP contribution in [0.4, 0.5) is 0 Å². The molecule has 20 heavy (non-hydrogen) atoms. The molecule has 0 amide bonds. The van der Waals surface area contributed by atoms with Crippen LogP contribution in [0.2, 0.25) is 0 Å². The molecule has 1 saturated carbocycles. The van der Waals surface area contributed by atoms with E-state index in [1.54, 1.807) is 0 Å². The van der Waals surface area contributed by atoms with E-state index in [0.717, 1.165) is 18.4 Å². The second-order valence-electron chi connectivity index (χ2n) is 6.51. The van der Waals surface area contributed by atoms with Crippen molar-refractivity contribution in [3.63, 3.8) is 0 Å². The summed E-state index contributed by atoms with van der Waals surface area (Å²) in [6.45, 7) is 6.57. The second kappa shape index (κ2) is 6.86. The summed E-state index contributed by atoms with van der Waals surface area (Å²) in [4.78, 5) is 0. The molecule has 1 fully saturated rings. The van der Waals surface area contributed by atoms with E-state index in [0.29, 0.717) is 17.8 Å². The minimum atomic E-state index is -1.79. The van der Waals surface area contributed by atoms with Gasteiger partial charge in [0.1, 0.15) is 0 Å². The van der Waals surface area contributed by atoms with Crippen molar-refractivity contribution in [2.24, 2.45) is 11.8 Å². The van der Waals surface area contributed by atoms with Gasteiger partial charge in [0.25, 0.3) is 0 Å². The first-order valence-corrected chi connectivity index (χ1v) is 8.86. The molecule has 4 atom stereocenters. The van der Waals surface area contributed by atoms with Crippen LogP contribution < -0.4 is 0 Å². The van der Waals surface area contributed by atoms with Crippen LogP contribution in [0.25, 0.3) is 0 Å². The molecule has 0 aliphatic heterocycles. The highest BCUT2D eigenvalue weighted by atomic mass is 32.2. The molecule has 1 aliphatic carbocycles. The molecule has 0 bridgehead atoms. The zero-order chi connectivity index (χ0) is 14.7. The molecule has 2 rings (SSSR count). The van der Waals surface area contributed by atoms with Gasteiger partial charge in [-0.2, -0.15) is 0 Å². The van der Waals surface area contributed by atoms with E-state index < -0.39 is 11.1 Å². The van der Waals surface area contributed by atoms with Gasteiger partial charge in [0.15, 0.2) is 11.1 Å². The third kappa shape index (κ3) is 3.50. The van der Waals surface area contributed by atoms with E-state index in [2.05, 4.69) is 26.8 Å². The highest BCUT2D eigenvalue weighted by Gasteiger charge is 2.33. The van der Waals surface area contributed by atoms with Crippen molar-refractivity contribution < 1.29 is 8.76 Å². The predicted molar refractivity (Wildman–Crippen MR) is 85.2 cm³/mol. The Morgan fingerprint density at radius 1 is 1.20 bits per heavy atom. The van der Waals surface area contributed by atoms with Crippen molar-refractivity contribution in [3.05, 3.63) is 35.4 Å². The van der Waals surface area contributed by atoms with Crippen LogP contribution in [-0.2, 0) is 11.1 Å². The van der Waals surface area contributed by atoms with Crippen LogP contribution in [-0.4, -0.2) is 8.76 Å². The number of hydrogen-bond donors (Lipinski definition) is 1. The van der Waals surface area contributed by atoms with Crippen molar-refractivity contribution in [3.8, 4) is 0 Å². The molecule has 0 saturated heterocycles. The van der Waals surface area contributed by atoms with Crippen molar-refractivity contribution >= 4 is 11.1 Å². The standard InChI is InChI=1S/C17H26O2S/c1-12(2)15-9-4-5-10-16(15)17(20(18)19)14-8-6-7-13(3)11-14/h4-5,9-10,12-14,17H,6-8,11H2,1-3H3,(H,18,19)/t13?,14?,17-/m1/s1. The Morgan fingerprint density at radius 2 is 1.85 bits per heavy atom. The smallest absolute Gasteiger partial charge is 0.160 e. The van der Waals surface area contributed by atoms with Gasteiger partial charge in [-0.1, -0.05) is 57.9 Å². The SMILES string of the molecule is CC1CCCC([C@H](c2ccccc2C(C)C)S(=O)O)C1. The van der Waals surface area contributed by atoms with Gasteiger partial charge in [0.05, 0.1) is 5.25 Å². The van der Waals surface area contributed by atoms with Gasteiger partial charge >= 0.3 is 0 Å². The highest BCUT2D eigenvalue weighted by molar-refractivity contribution is 7.79. The lowest BCUT2D eigenvalue weighted by atomic mass is 9.78. The molecular weight excluding hydrogens is 268 g/mol. The van der Waals surface area contributed by atoms with Gasteiger partial charge in [0.2, 0.25) is 0 Å². The average molecular weight is 294 g/mol. The first-order chi connectivity index (χ1) is 9.50. The summed E-state index contributed by atoms with van der Waals surface area (Å²) in [5, 5.41) is -0.226. The topological polar surface area (TPSA) is 37.3 Å². The first-order valence-electron chi connectivity index (χ1n) is 7.69. The van der Waals surface area contributed by atoms with E-state index in [9.17, 15) is 8.76 Å². The lowest BCUT2D eigenvalue weighted by molar-refractivity contribution is 0.271. The molecule has 1 N–H and O–H groups in total. The quantitative estimate of drug-likeness (QED) is 0.802. The van der Waals surface area contributed by atoms with Crippen molar-refractivity contribution in [1.29, 1.82) is 0 Å². The highest BCUT2D eigenvalue weighted by Crippen LogP contribution is 2.41. The van der Waals surface area contributed by atoms with E-state index in [1.807, 2.05) is 18.2 Å². The summed E-state index contributed by atoms with van der Waals surface area (Å²) < 4.78 is 21.9. The molecule has 0 spiro atoms. The van der Waals surface area contributed by atoms with Crippen LogP contribution in [0.15, 0.2) is 24.3 Å². The summed E-state index contributed by atoms with van der Waals surface area (Å²) in [6.07, 6.45) is 4.59. The Bertz CT molecular complexity index is 470. The molecular formula is C17H26O2S. The molecule has 0 heterocycles. The Kier molecular flexibility index (Phi) is 5.39. The first kappa shape index (κ1) is 15.7. The molecule has 1 aromatic rings. The normalized spacial score (nSPS) is 26.4. The van der Waals surface area contributed by atoms with Gasteiger partial charge in [-0.3, -0.25) is 0 Å². The van der Waals surface area contributed by atoms with Crippen LogP contribution in [0, 0.1) is 11.8 Å². The third-order valence-corrected chi connectivity index (χ3v) is 5.62. The second-order valence-corrected chi connectivity index (χ2v) is 7.57. The largest absolute Gasteiger partial charge is 0.306 e. The Balaban J connectivity index is 2.36. The fourth-order valence-corrected chi connectivity index (χ4v) is 4.59. The maximum atomic E-state index is 12.0. The zero-order valence-corrected chi connectivity index (χ0v) is 13.5. The molecule has 2 nitrogen and oxygen atoms in total. The van der Waals surface area contributed by atoms with E-state index in [4.69, 9.17) is 0 Å². The number of benzene rings is 1. The maximum Gasteiger partial charge on any atom is 0.160 e. The van der Waals surface area contributed by atoms with Crippen LogP contribution in [0.1, 0.15) is 68.7 Å². The average Bonchev–Trinajstić information content (AvgIpc) is 2.39. The van der Waals surface area contributed by atoms with Gasteiger partial charge in [-0.25, -0.2) is 4.21 Å². The van der Waals surface area contributed by atoms with E-state index in [1.165, 1.54) is 18.4 Å². The van der Waals surface area contributed by atoms with Crippen LogP contribution >= 0.6 is 0 Å². The molecule has 3 unspecified atom stereocenters. The Hall–Kier alpha value is -0.670. The minimum Gasteiger partial charge on any atom is -0.306 e. The molecule has 0 radical (unpaired) electrons. The molecule has 3 heteroatoms. The minimum absolute atomic E-state index is 0.226. The van der Waals surface area contributed by atoms with E-state index >= 15 is 0 Å². The molecule has 0 aromatic heterocycles. The summed E-state index contributed by atoms with van der Waals surface area (Å²) in [5.41, 5.74) is 2.31. The van der Waals surface area contributed by atoms with Crippen LogP contribution in [0.5, 0.6) is 0 Å².